The quantitative estimate of drug-likeness (QED) is 0.255. The van der Waals surface area contributed by atoms with Crippen LogP contribution in [-0.4, -0.2) is 17.5 Å². The number of rotatable bonds is 11. The Morgan fingerprint density at radius 1 is 0.889 bits per heavy atom. The Balaban J connectivity index is 1.07. The van der Waals surface area contributed by atoms with Crippen molar-refractivity contribution in [2.75, 3.05) is 6.61 Å². The van der Waals surface area contributed by atoms with Gasteiger partial charge in [0.05, 0.1) is 12.2 Å². The van der Waals surface area contributed by atoms with E-state index in [4.69, 9.17) is 4.74 Å². The molecular weight excluding hydrogens is 444 g/mol. The Labute approximate surface area is 217 Å². The zero-order valence-electron chi connectivity index (χ0n) is 22.0. The van der Waals surface area contributed by atoms with Crippen LogP contribution in [0.3, 0.4) is 0 Å². The number of benzene rings is 2. The molecule has 3 saturated carbocycles. The Hall–Kier alpha value is -2.29. The summed E-state index contributed by atoms with van der Waals surface area (Å²) < 4.78 is 5.99. The van der Waals surface area contributed by atoms with Crippen LogP contribution >= 0.6 is 0 Å². The summed E-state index contributed by atoms with van der Waals surface area (Å²) in [6.07, 6.45) is 16.9. The first-order chi connectivity index (χ1) is 17.6. The topological polar surface area (TPSA) is 46.5 Å². The number of carbonyl (C=O) groups excluding carboxylic acids is 1. The van der Waals surface area contributed by atoms with Crippen molar-refractivity contribution in [2.45, 2.75) is 84.0 Å². The van der Waals surface area contributed by atoms with Crippen LogP contribution in [0.4, 0.5) is 0 Å². The predicted octanol–water partition coefficient (Wildman–Crippen LogP) is 8.44. The van der Waals surface area contributed by atoms with Gasteiger partial charge in [-0.25, -0.2) is 0 Å². The van der Waals surface area contributed by atoms with Crippen molar-refractivity contribution in [1.29, 1.82) is 0 Å². The third-order valence-corrected chi connectivity index (χ3v) is 9.85. The van der Waals surface area contributed by atoms with Crippen LogP contribution in [0.1, 0.15) is 99.9 Å². The van der Waals surface area contributed by atoms with Gasteiger partial charge in [0.2, 0.25) is 0 Å². The summed E-state index contributed by atoms with van der Waals surface area (Å²) in [6.45, 7) is 3.04. The van der Waals surface area contributed by atoms with Gasteiger partial charge in [-0.3, -0.25) is 4.79 Å². The Bertz CT molecular complexity index is 999. The molecule has 0 spiro atoms. The lowest BCUT2D eigenvalue weighted by Gasteiger charge is -2.20. The second kappa shape index (κ2) is 11.8. The van der Waals surface area contributed by atoms with E-state index in [1.54, 1.807) is 30.3 Å². The monoisotopic (exact) mass is 488 g/mol. The molecule has 3 heteroatoms. The van der Waals surface area contributed by atoms with E-state index in [1.807, 2.05) is 18.2 Å². The third-order valence-electron chi connectivity index (χ3n) is 9.85. The largest absolute Gasteiger partial charge is 0.507 e. The molecule has 0 amide bonds. The van der Waals surface area contributed by atoms with Crippen molar-refractivity contribution < 1.29 is 14.6 Å². The Morgan fingerprint density at radius 3 is 2.36 bits per heavy atom. The highest BCUT2D eigenvalue weighted by molar-refractivity contribution is 6.10. The minimum Gasteiger partial charge on any atom is -0.507 e. The molecule has 3 nitrogen and oxygen atoms in total. The van der Waals surface area contributed by atoms with Crippen LogP contribution in [0.25, 0.3) is 0 Å². The van der Waals surface area contributed by atoms with Gasteiger partial charge in [-0.2, -0.15) is 0 Å². The average Bonchev–Trinajstić information content (AvgIpc) is 3.64. The van der Waals surface area contributed by atoms with Gasteiger partial charge >= 0.3 is 0 Å². The van der Waals surface area contributed by atoms with E-state index in [0.29, 0.717) is 23.5 Å². The van der Waals surface area contributed by atoms with Crippen molar-refractivity contribution in [3.8, 4) is 11.5 Å². The molecule has 0 radical (unpaired) electrons. The molecule has 0 saturated heterocycles. The average molecular weight is 489 g/mol. The van der Waals surface area contributed by atoms with E-state index >= 15 is 0 Å². The smallest absolute Gasteiger partial charge is 0.196 e. The number of ether oxygens (including phenoxy) is 1. The highest BCUT2D eigenvalue weighted by Gasteiger charge is 2.44. The summed E-state index contributed by atoms with van der Waals surface area (Å²) in [4.78, 5) is 12.7. The van der Waals surface area contributed by atoms with Gasteiger partial charge < -0.3 is 9.84 Å². The van der Waals surface area contributed by atoms with Crippen LogP contribution in [0.2, 0.25) is 0 Å². The van der Waals surface area contributed by atoms with Gasteiger partial charge in [-0.15, -0.1) is 0 Å². The summed E-state index contributed by atoms with van der Waals surface area (Å²) in [5, 5.41) is 10.4. The molecule has 5 rings (SSSR count). The van der Waals surface area contributed by atoms with E-state index in [1.165, 1.54) is 70.6 Å². The fourth-order valence-electron chi connectivity index (χ4n) is 7.93. The minimum atomic E-state index is -0.167. The first kappa shape index (κ1) is 25.4. The highest BCUT2D eigenvalue weighted by atomic mass is 16.5. The number of aromatic hydroxyl groups is 1. The number of hydrogen-bond acceptors (Lipinski definition) is 3. The summed E-state index contributed by atoms with van der Waals surface area (Å²) in [5.74, 6) is 6.26. The van der Waals surface area contributed by atoms with Gasteiger partial charge in [0, 0.05) is 11.6 Å². The summed E-state index contributed by atoms with van der Waals surface area (Å²) in [7, 11) is 0. The van der Waals surface area contributed by atoms with E-state index in [-0.39, 0.29) is 11.5 Å². The molecule has 3 fully saturated rings. The molecule has 6 unspecified atom stereocenters. The van der Waals surface area contributed by atoms with E-state index in [0.717, 1.165) is 41.9 Å². The van der Waals surface area contributed by atoms with Gasteiger partial charge in [-0.05, 0) is 92.6 Å². The normalized spacial score (nSPS) is 29.4. The third kappa shape index (κ3) is 5.82. The first-order valence-corrected chi connectivity index (χ1v) is 14.7. The van der Waals surface area contributed by atoms with E-state index in [2.05, 4.69) is 6.92 Å². The maximum absolute atomic E-state index is 12.7. The maximum Gasteiger partial charge on any atom is 0.196 e. The molecule has 0 heterocycles. The molecular formula is C33H44O3. The molecule has 194 valence electrons. The lowest BCUT2D eigenvalue weighted by molar-refractivity contribution is 0.103. The van der Waals surface area contributed by atoms with Gasteiger partial charge in [0.25, 0.3) is 0 Å². The minimum absolute atomic E-state index is 0.0127. The number of carbonyl (C=O) groups is 1. The first-order valence-electron chi connectivity index (χ1n) is 14.7. The molecule has 2 aromatic rings. The maximum atomic E-state index is 12.7. The summed E-state index contributed by atoms with van der Waals surface area (Å²) in [6, 6.07) is 14.2. The highest BCUT2D eigenvalue weighted by Crippen LogP contribution is 2.54. The Morgan fingerprint density at radius 2 is 1.64 bits per heavy atom. The fraction of sp³-hybridized carbons (Fsp3) is 0.606. The molecule has 6 atom stereocenters. The second-order valence-electron chi connectivity index (χ2n) is 11.9. The number of ketones is 1. The molecule has 1 N–H and O–H groups in total. The molecule has 0 aliphatic heterocycles. The molecule has 36 heavy (non-hydrogen) atoms. The van der Waals surface area contributed by atoms with Crippen LogP contribution in [-0.2, 0) is 0 Å². The fourth-order valence-corrected chi connectivity index (χ4v) is 7.93. The SMILES string of the molecule is CCC1CCC(CCC2CC(CCCOc3ccc(C(=O)c4ccccc4)c(O)c3)C3CCCC23)C1. The zero-order valence-corrected chi connectivity index (χ0v) is 22.0. The van der Waals surface area contributed by atoms with Crippen molar-refractivity contribution >= 4 is 5.78 Å². The van der Waals surface area contributed by atoms with Gasteiger partial charge in [0.1, 0.15) is 11.5 Å². The summed E-state index contributed by atoms with van der Waals surface area (Å²) in [5.41, 5.74) is 0.899. The van der Waals surface area contributed by atoms with Crippen LogP contribution in [0.15, 0.2) is 48.5 Å². The van der Waals surface area contributed by atoms with Crippen molar-refractivity contribution in [3.63, 3.8) is 0 Å². The van der Waals surface area contributed by atoms with Gasteiger partial charge in [0.15, 0.2) is 5.78 Å². The molecule has 0 bridgehead atoms. The van der Waals surface area contributed by atoms with Crippen molar-refractivity contribution in [1.82, 2.24) is 0 Å². The standard InChI is InChI=1S/C33H44O3/c1-2-23-13-14-24(20-23)15-16-27-21-26(29-11-6-12-30(27)29)10-7-19-36-28-17-18-31(32(34)22-28)33(35)25-8-4-3-5-9-25/h3-5,8-9,17-18,22-24,26-27,29-30,34H,2,6-7,10-16,19-21H2,1H3. The molecule has 0 aromatic heterocycles. The van der Waals surface area contributed by atoms with Crippen LogP contribution in [0, 0.1) is 35.5 Å². The molecule has 3 aliphatic carbocycles. The molecule has 2 aromatic carbocycles. The van der Waals surface area contributed by atoms with E-state index in [9.17, 15) is 9.90 Å². The zero-order chi connectivity index (χ0) is 24.9. The number of phenols is 1. The lowest BCUT2D eigenvalue weighted by atomic mass is 9.85. The lowest BCUT2D eigenvalue weighted by Crippen LogP contribution is -2.12. The predicted molar refractivity (Wildman–Crippen MR) is 145 cm³/mol. The van der Waals surface area contributed by atoms with Crippen LogP contribution < -0.4 is 4.74 Å². The number of phenolic OH excluding ortho intramolecular Hbond substituents is 1. The van der Waals surface area contributed by atoms with Crippen molar-refractivity contribution in [2.24, 2.45) is 35.5 Å². The van der Waals surface area contributed by atoms with Crippen LogP contribution in [0.5, 0.6) is 11.5 Å². The van der Waals surface area contributed by atoms with Crippen molar-refractivity contribution in [3.05, 3.63) is 59.7 Å². The summed E-state index contributed by atoms with van der Waals surface area (Å²) >= 11 is 0. The van der Waals surface area contributed by atoms with Gasteiger partial charge in [-0.1, -0.05) is 69.4 Å². The van der Waals surface area contributed by atoms with E-state index < -0.39 is 0 Å². The Kier molecular flexibility index (Phi) is 8.34. The molecule has 3 aliphatic rings. The number of fused-ring (bicyclic) bond motifs is 1. The number of hydrogen-bond donors (Lipinski definition) is 1. The second-order valence-corrected chi connectivity index (χ2v) is 11.9.